The Balaban J connectivity index is 1.56. The Morgan fingerprint density at radius 2 is 2.28 bits per heavy atom. The van der Waals surface area contributed by atoms with Crippen LogP contribution in [-0.4, -0.2) is 51.7 Å². The molecule has 6 heteroatoms. The summed E-state index contributed by atoms with van der Waals surface area (Å²) in [5.41, 5.74) is 1.10. The van der Waals surface area contributed by atoms with Gasteiger partial charge in [0.05, 0.1) is 0 Å². The van der Waals surface area contributed by atoms with Crippen molar-refractivity contribution in [1.82, 2.24) is 19.5 Å². The lowest BCUT2D eigenvalue weighted by Gasteiger charge is -2.13. The molecule has 0 atom stereocenters. The molecule has 0 unspecified atom stereocenters. The van der Waals surface area contributed by atoms with Crippen LogP contribution in [0.1, 0.15) is 23.2 Å². The zero-order valence-corrected chi connectivity index (χ0v) is 10.1. The number of rotatable bonds is 4. The van der Waals surface area contributed by atoms with Crippen LogP contribution in [0.15, 0.2) is 18.6 Å². The van der Waals surface area contributed by atoms with Crippen molar-refractivity contribution in [3.63, 3.8) is 0 Å². The van der Waals surface area contributed by atoms with Gasteiger partial charge >= 0.3 is 5.97 Å². The van der Waals surface area contributed by atoms with E-state index in [1.807, 2.05) is 0 Å². The molecule has 18 heavy (non-hydrogen) atoms. The molecular weight excluding hydrogens is 232 g/mol. The summed E-state index contributed by atoms with van der Waals surface area (Å²) in [5, 5.41) is 2.92. The van der Waals surface area contributed by atoms with E-state index in [1.165, 1.54) is 12.8 Å². The molecule has 1 saturated heterocycles. The van der Waals surface area contributed by atoms with Crippen molar-refractivity contribution in [3.8, 4) is 0 Å². The number of nitrogens with one attached hydrogen (secondary N) is 1. The van der Waals surface area contributed by atoms with E-state index in [1.54, 1.807) is 23.1 Å². The molecule has 1 fully saturated rings. The van der Waals surface area contributed by atoms with Crippen LogP contribution >= 0.6 is 0 Å². The number of aromatic nitrogens is 3. The van der Waals surface area contributed by atoms with E-state index in [-0.39, 0.29) is 5.97 Å². The molecule has 0 aliphatic carbocycles. The lowest BCUT2D eigenvalue weighted by Crippen LogP contribution is -2.25. The number of imidazole rings is 1. The minimum atomic E-state index is -0.313. The number of hydrogen-bond acceptors (Lipinski definition) is 4. The van der Waals surface area contributed by atoms with Crippen LogP contribution in [0.4, 0.5) is 0 Å². The van der Waals surface area contributed by atoms with Gasteiger partial charge in [-0.05, 0) is 25.9 Å². The van der Waals surface area contributed by atoms with Crippen LogP contribution < -0.4 is 0 Å². The van der Waals surface area contributed by atoms with Crippen molar-refractivity contribution in [1.29, 1.82) is 0 Å². The second kappa shape index (κ2) is 4.81. The molecule has 3 heterocycles. The van der Waals surface area contributed by atoms with Gasteiger partial charge in [-0.25, -0.2) is 14.3 Å². The number of carbonyl (C=O) groups is 1. The van der Waals surface area contributed by atoms with E-state index < -0.39 is 0 Å². The predicted molar refractivity (Wildman–Crippen MR) is 65.5 cm³/mol. The van der Waals surface area contributed by atoms with E-state index in [2.05, 4.69) is 15.0 Å². The Hall–Kier alpha value is -1.82. The molecule has 2 aromatic rings. The van der Waals surface area contributed by atoms with Crippen LogP contribution in [0.25, 0.3) is 5.65 Å². The highest BCUT2D eigenvalue weighted by Gasteiger charge is 2.16. The van der Waals surface area contributed by atoms with Gasteiger partial charge in [0.25, 0.3) is 0 Å². The van der Waals surface area contributed by atoms with E-state index in [9.17, 15) is 4.79 Å². The first-order chi connectivity index (χ1) is 8.84. The Morgan fingerprint density at radius 1 is 1.44 bits per heavy atom. The van der Waals surface area contributed by atoms with Gasteiger partial charge in [-0.3, -0.25) is 10.00 Å². The topological polar surface area (TPSA) is 62.6 Å². The fourth-order valence-corrected chi connectivity index (χ4v) is 2.31. The van der Waals surface area contributed by atoms with E-state index in [4.69, 9.17) is 4.74 Å². The van der Waals surface area contributed by atoms with Crippen LogP contribution in [0.2, 0.25) is 0 Å². The number of carbonyl (C=O) groups excluding carboxylic acids is 1. The normalized spacial score (nSPS) is 16.4. The molecule has 0 saturated carbocycles. The van der Waals surface area contributed by atoms with Gasteiger partial charge in [0.1, 0.15) is 12.2 Å². The lowest BCUT2D eigenvalue weighted by atomic mass is 10.3. The first-order valence-corrected chi connectivity index (χ1v) is 6.24. The Morgan fingerprint density at radius 3 is 3.11 bits per heavy atom. The minimum absolute atomic E-state index is 0.313. The van der Waals surface area contributed by atoms with Crippen molar-refractivity contribution < 1.29 is 9.53 Å². The number of aromatic amines is 1. The molecule has 0 aromatic carbocycles. The highest BCUT2D eigenvalue weighted by Crippen LogP contribution is 2.10. The van der Waals surface area contributed by atoms with Crippen LogP contribution in [0, 0.1) is 0 Å². The highest BCUT2D eigenvalue weighted by molar-refractivity contribution is 5.95. The van der Waals surface area contributed by atoms with Crippen molar-refractivity contribution in [2.75, 3.05) is 26.2 Å². The maximum absolute atomic E-state index is 11.9. The average Bonchev–Trinajstić information content (AvgIpc) is 3.05. The lowest BCUT2D eigenvalue weighted by molar-refractivity contribution is 0.0474. The molecule has 0 radical (unpaired) electrons. The fraction of sp³-hybridized carbons (Fsp3) is 0.500. The molecule has 6 nitrogen and oxygen atoms in total. The highest BCUT2D eigenvalue weighted by atomic mass is 16.5. The Labute approximate surface area is 105 Å². The first-order valence-electron chi connectivity index (χ1n) is 6.24. The standard InChI is InChI=1S/C12H16N4O2/c17-12(18-8-7-15-4-1-2-5-15)10-9-14-16-6-3-13-11(10)16/h3,6,9,14H,1-2,4-5,7-8H2. The van der Waals surface area contributed by atoms with Crippen LogP contribution in [0.5, 0.6) is 0 Å². The molecule has 3 rings (SSSR count). The summed E-state index contributed by atoms with van der Waals surface area (Å²) in [4.78, 5) is 18.3. The zero-order valence-electron chi connectivity index (χ0n) is 10.1. The summed E-state index contributed by atoms with van der Waals surface area (Å²) >= 11 is 0. The van der Waals surface area contributed by atoms with Gasteiger partial charge in [0, 0.05) is 25.1 Å². The van der Waals surface area contributed by atoms with Gasteiger partial charge in [0.2, 0.25) is 0 Å². The second-order valence-electron chi connectivity index (χ2n) is 4.49. The summed E-state index contributed by atoms with van der Waals surface area (Å²) in [7, 11) is 0. The maximum atomic E-state index is 11.9. The number of esters is 1. The summed E-state index contributed by atoms with van der Waals surface area (Å²) < 4.78 is 6.96. The third-order valence-electron chi connectivity index (χ3n) is 3.29. The minimum Gasteiger partial charge on any atom is -0.461 e. The molecule has 0 bridgehead atoms. The molecule has 1 N–H and O–H groups in total. The molecule has 1 aliphatic heterocycles. The van der Waals surface area contributed by atoms with Crippen LogP contribution in [0.3, 0.4) is 0 Å². The summed E-state index contributed by atoms with van der Waals surface area (Å²) in [6.07, 6.45) is 7.53. The zero-order chi connectivity index (χ0) is 12.4. The van der Waals surface area contributed by atoms with Crippen molar-refractivity contribution >= 4 is 11.6 Å². The van der Waals surface area contributed by atoms with Gasteiger partial charge in [0.15, 0.2) is 5.65 Å². The number of H-pyrrole nitrogens is 1. The smallest absolute Gasteiger partial charge is 0.343 e. The van der Waals surface area contributed by atoms with E-state index in [0.717, 1.165) is 19.6 Å². The van der Waals surface area contributed by atoms with Gasteiger partial charge < -0.3 is 4.74 Å². The Bertz CT molecular complexity index is 539. The van der Waals surface area contributed by atoms with Gasteiger partial charge in [-0.1, -0.05) is 0 Å². The Kier molecular flexibility index (Phi) is 3.02. The molecule has 2 aromatic heterocycles. The maximum Gasteiger partial charge on any atom is 0.343 e. The number of nitrogens with zero attached hydrogens (tertiary/aromatic N) is 3. The third-order valence-corrected chi connectivity index (χ3v) is 3.29. The quantitative estimate of drug-likeness (QED) is 0.817. The van der Waals surface area contributed by atoms with Gasteiger partial charge in [-0.2, -0.15) is 0 Å². The summed E-state index contributed by atoms with van der Waals surface area (Å²) in [6, 6.07) is 0. The molecule has 96 valence electrons. The first kappa shape index (κ1) is 11.3. The van der Waals surface area contributed by atoms with E-state index in [0.29, 0.717) is 17.8 Å². The number of likely N-dealkylation sites (tertiary alicyclic amines) is 1. The predicted octanol–water partition coefficient (Wildman–Crippen LogP) is 0.915. The van der Waals surface area contributed by atoms with Crippen molar-refractivity contribution in [3.05, 3.63) is 24.2 Å². The third kappa shape index (κ3) is 2.11. The molecular formula is C12H16N4O2. The fourth-order valence-electron chi connectivity index (χ4n) is 2.31. The molecule has 1 aliphatic rings. The van der Waals surface area contributed by atoms with Gasteiger partial charge in [-0.15, -0.1) is 0 Å². The SMILES string of the molecule is O=C(OCCN1CCCC1)c1c[nH]n2ccnc12. The van der Waals surface area contributed by atoms with E-state index >= 15 is 0 Å². The van der Waals surface area contributed by atoms with Crippen molar-refractivity contribution in [2.24, 2.45) is 0 Å². The van der Waals surface area contributed by atoms with Crippen molar-refractivity contribution in [2.45, 2.75) is 12.8 Å². The number of hydrogen-bond donors (Lipinski definition) is 1. The second-order valence-corrected chi connectivity index (χ2v) is 4.49. The summed E-state index contributed by atoms with van der Waals surface area (Å²) in [6.45, 7) is 3.50. The molecule has 0 spiro atoms. The monoisotopic (exact) mass is 248 g/mol. The number of fused-ring (bicyclic) bond motifs is 1. The average molecular weight is 248 g/mol. The number of ether oxygens (including phenoxy) is 1. The molecule has 0 amide bonds. The van der Waals surface area contributed by atoms with Crippen LogP contribution in [-0.2, 0) is 4.74 Å². The largest absolute Gasteiger partial charge is 0.461 e. The summed E-state index contributed by atoms with van der Waals surface area (Å²) in [5.74, 6) is -0.313.